The number of benzene rings is 1. The van der Waals surface area contributed by atoms with Crippen LogP contribution in [0.15, 0.2) is 24.3 Å². The van der Waals surface area contributed by atoms with Crippen molar-refractivity contribution < 1.29 is 15.0 Å². The molecule has 0 amide bonds. The first kappa shape index (κ1) is 13.1. The maximum absolute atomic E-state index is 10.8. The molecule has 1 saturated heterocycles. The highest BCUT2D eigenvalue weighted by Crippen LogP contribution is 2.16. The first-order valence-corrected chi connectivity index (χ1v) is 6.34. The van der Waals surface area contributed by atoms with Gasteiger partial charge in [-0.25, -0.2) is 0 Å². The average molecular weight is 249 g/mol. The van der Waals surface area contributed by atoms with Crippen molar-refractivity contribution in [3.63, 3.8) is 0 Å². The topological polar surface area (TPSA) is 60.8 Å². The molecule has 1 fully saturated rings. The summed E-state index contributed by atoms with van der Waals surface area (Å²) in [5.74, 6) is -0.805. The summed E-state index contributed by atoms with van der Waals surface area (Å²) < 4.78 is 0. The quantitative estimate of drug-likeness (QED) is 0.843. The van der Waals surface area contributed by atoms with Crippen LogP contribution in [0.5, 0.6) is 0 Å². The highest BCUT2D eigenvalue weighted by atomic mass is 16.4. The minimum absolute atomic E-state index is 0.0621. The Hall–Kier alpha value is -1.39. The lowest BCUT2D eigenvalue weighted by atomic mass is 10.0. The SMILES string of the molecule is O=C(O)Cc1ccccc1CN1CCC[C@H](O)C1. The fraction of sp³-hybridized carbons (Fsp3) is 0.500. The minimum atomic E-state index is -0.805. The van der Waals surface area contributed by atoms with Crippen molar-refractivity contribution >= 4 is 5.97 Å². The van der Waals surface area contributed by atoms with E-state index in [0.717, 1.165) is 37.1 Å². The summed E-state index contributed by atoms with van der Waals surface area (Å²) in [6.45, 7) is 2.38. The monoisotopic (exact) mass is 249 g/mol. The van der Waals surface area contributed by atoms with Gasteiger partial charge in [0.2, 0.25) is 0 Å². The van der Waals surface area contributed by atoms with Crippen molar-refractivity contribution in [2.45, 2.75) is 31.9 Å². The fourth-order valence-electron chi connectivity index (χ4n) is 2.46. The van der Waals surface area contributed by atoms with Crippen LogP contribution in [-0.2, 0) is 17.8 Å². The number of piperidine rings is 1. The number of aliphatic hydroxyl groups excluding tert-OH is 1. The van der Waals surface area contributed by atoms with Crippen LogP contribution in [-0.4, -0.2) is 40.3 Å². The second-order valence-electron chi connectivity index (χ2n) is 4.87. The van der Waals surface area contributed by atoms with E-state index in [9.17, 15) is 9.90 Å². The van der Waals surface area contributed by atoms with Gasteiger partial charge in [-0.1, -0.05) is 24.3 Å². The summed E-state index contributed by atoms with van der Waals surface area (Å²) in [7, 11) is 0. The molecule has 0 aromatic heterocycles. The Balaban J connectivity index is 2.05. The standard InChI is InChI=1S/C14H19NO3/c16-13-6-3-7-15(10-13)9-12-5-2-1-4-11(12)8-14(17)18/h1-2,4-5,13,16H,3,6-10H2,(H,17,18)/t13-/m0/s1. The van der Waals surface area contributed by atoms with Gasteiger partial charge in [0.1, 0.15) is 0 Å². The van der Waals surface area contributed by atoms with Gasteiger partial charge in [-0.15, -0.1) is 0 Å². The molecule has 18 heavy (non-hydrogen) atoms. The highest BCUT2D eigenvalue weighted by Gasteiger charge is 2.18. The van der Waals surface area contributed by atoms with Crippen molar-refractivity contribution in [2.24, 2.45) is 0 Å². The molecule has 0 saturated carbocycles. The normalized spacial score (nSPS) is 20.8. The lowest BCUT2D eigenvalue weighted by Gasteiger charge is -2.30. The first-order chi connectivity index (χ1) is 8.65. The van der Waals surface area contributed by atoms with Gasteiger partial charge in [-0.05, 0) is 30.5 Å². The largest absolute Gasteiger partial charge is 0.481 e. The molecule has 1 atom stereocenters. The van der Waals surface area contributed by atoms with Crippen LogP contribution in [0, 0.1) is 0 Å². The van der Waals surface area contributed by atoms with E-state index >= 15 is 0 Å². The van der Waals surface area contributed by atoms with E-state index in [2.05, 4.69) is 4.90 Å². The van der Waals surface area contributed by atoms with E-state index in [1.54, 1.807) is 0 Å². The number of carbonyl (C=O) groups is 1. The van der Waals surface area contributed by atoms with Gasteiger partial charge in [0, 0.05) is 13.1 Å². The van der Waals surface area contributed by atoms with Crippen molar-refractivity contribution in [1.29, 1.82) is 0 Å². The van der Waals surface area contributed by atoms with Crippen molar-refractivity contribution in [2.75, 3.05) is 13.1 Å². The Morgan fingerprint density at radius 2 is 2.06 bits per heavy atom. The molecular formula is C14H19NO3. The number of aliphatic hydroxyl groups is 1. The van der Waals surface area contributed by atoms with Crippen LogP contribution in [0.25, 0.3) is 0 Å². The fourth-order valence-corrected chi connectivity index (χ4v) is 2.46. The zero-order valence-corrected chi connectivity index (χ0v) is 10.4. The third kappa shape index (κ3) is 3.55. The third-order valence-electron chi connectivity index (χ3n) is 3.33. The van der Waals surface area contributed by atoms with Gasteiger partial charge in [0.15, 0.2) is 0 Å². The van der Waals surface area contributed by atoms with Crippen LogP contribution in [0.2, 0.25) is 0 Å². The molecule has 0 spiro atoms. The second-order valence-corrected chi connectivity index (χ2v) is 4.87. The first-order valence-electron chi connectivity index (χ1n) is 6.34. The van der Waals surface area contributed by atoms with Crippen molar-refractivity contribution in [3.05, 3.63) is 35.4 Å². The van der Waals surface area contributed by atoms with E-state index in [-0.39, 0.29) is 12.5 Å². The van der Waals surface area contributed by atoms with E-state index in [4.69, 9.17) is 5.11 Å². The van der Waals surface area contributed by atoms with Gasteiger partial charge in [-0.3, -0.25) is 9.69 Å². The predicted octanol–water partition coefficient (Wildman–Crippen LogP) is 1.27. The molecule has 0 bridgehead atoms. The summed E-state index contributed by atoms with van der Waals surface area (Å²) in [5, 5.41) is 18.5. The number of likely N-dealkylation sites (tertiary alicyclic amines) is 1. The van der Waals surface area contributed by atoms with Gasteiger partial charge in [-0.2, -0.15) is 0 Å². The van der Waals surface area contributed by atoms with E-state index in [1.807, 2.05) is 24.3 Å². The lowest BCUT2D eigenvalue weighted by Crippen LogP contribution is -2.37. The summed E-state index contributed by atoms with van der Waals surface area (Å²) in [6, 6.07) is 7.64. The van der Waals surface area contributed by atoms with E-state index in [0.29, 0.717) is 6.54 Å². The summed E-state index contributed by atoms with van der Waals surface area (Å²) in [6.07, 6.45) is 1.69. The summed E-state index contributed by atoms with van der Waals surface area (Å²) in [5.41, 5.74) is 1.92. The molecule has 1 aromatic carbocycles. The number of hydrogen-bond donors (Lipinski definition) is 2. The molecule has 1 aliphatic heterocycles. The Labute approximate surface area is 107 Å². The van der Waals surface area contributed by atoms with Gasteiger partial charge in [0.05, 0.1) is 12.5 Å². The molecule has 0 unspecified atom stereocenters. The van der Waals surface area contributed by atoms with E-state index < -0.39 is 5.97 Å². The van der Waals surface area contributed by atoms with Gasteiger partial charge < -0.3 is 10.2 Å². The van der Waals surface area contributed by atoms with Gasteiger partial charge in [0.25, 0.3) is 0 Å². The number of carboxylic acid groups (broad SMARTS) is 1. The molecule has 4 nitrogen and oxygen atoms in total. The van der Waals surface area contributed by atoms with Crippen LogP contribution in [0.3, 0.4) is 0 Å². The minimum Gasteiger partial charge on any atom is -0.481 e. The zero-order chi connectivity index (χ0) is 13.0. The highest BCUT2D eigenvalue weighted by molar-refractivity contribution is 5.70. The number of nitrogens with zero attached hydrogens (tertiary/aromatic N) is 1. The predicted molar refractivity (Wildman–Crippen MR) is 68.3 cm³/mol. The summed E-state index contributed by atoms with van der Waals surface area (Å²) in [4.78, 5) is 13.0. The Morgan fingerprint density at radius 3 is 2.72 bits per heavy atom. The molecule has 2 rings (SSSR count). The van der Waals surface area contributed by atoms with Gasteiger partial charge >= 0.3 is 5.97 Å². The van der Waals surface area contributed by atoms with Crippen LogP contribution in [0.4, 0.5) is 0 Å². The maximum Gasteiger partial charge on any atom is 0.307 e. The Morgan fingerprint density at radius 1 is 1.33 bits per heavy atom. The second kappa shape index (κ2) is 5.98. The molecule has 4 heteroatoms. The molecule has 0 radical (unpaired) electrons. The molecular weight excluding hydrogens is 230 g/mol. The molecule has 2 N–H and O–H groups in total. The number of aliphatic carboxylic acids is 1. The third-order valence-corrected chi connectivity index (χ3v) is 3.33. The smallest absolute Gasteiger partial charge is 0.307 e. The molecule has 1 aliphatic rings. The average Bonchev–Trinajstić information content (AvgIpc) is 2.31. The number of carboxylic acids is 1. The molecule has 1 aromatic rings. The Kier molecular flexibility index (Phi) is 4.33. The number of β-amino-alcohol motifs (C(OH)–C–C–N with tert-alkyl or cyclic N) is 1. The maximum atomic E-state index is 10.8. The Bertz CT molecular complexity index is 419. The van der Waals surface area contributed by atoms with Crippen molar-refractivity contribution in [1.82, 2.24) is 4.90 Å². The lowest BCUT2D eigenvalue weighted by molar-refractivity contribution is -0.136. The van der Waals surface area contributed by atoms with Crippen LogP contribution in [0.1, 0.15) is 24.0 Å². The molecule has 98 valence electrons. The number of hydrogen-bond acceptors (Lipinski definition) is 3. The molecule has 1 heterocycles. The van der Waals surface area contributed by atoms with Crippen molar-refractivity contribution in [3.8, 4) is 0 Å². The van der Waals surface area contributed by atoms with Crippen LogP contribution < -0.4 is 0 Å². The van der Waals surface area contributed by atoms with E-state index in [1.165, 1.54) is 0 Å². The summed E-state index contributed by atoms with van der Waals surface area (Å²) >= 11 is 0. The zero-order valence-electron chi connectivity index (χ0n) is 10.4. The van der Waals surface area contributed by atoms with Crippen LogP contribution >= 0.6 is 0 Å². The number of rotatable bonds is 4. The molecule has 0 aliphatic carbocycles.